The van der Waals surface area contributed by atoms with Gasteiger partial charge in [0, 0.05) is 0 Å². The molecule has 2 nitrogen and oxygen atoms in total. The van der Waals surface area contributed by atoms with Crippen LogP contribution in [0.3, 0.4) is 0 Å². The van der Waals surface area contributed by atoms with Gasteiger partial charge in [0.15, 0.2) is 9.84 Å². The van der Waals surface area contributed by atoms with E-state index in [0.717, 1.165) is 19.3 Å². The molecule has 1 aromatic carbocycles. The quantitative estimate of drug-likeness (QED) is 0.697. The van der Waals surface area contributed by atoms with Crippen LogP contribution < -0.4 is 0 Å². The first-order chi connectivity index (χ1) is 9.05. The molecule has 0 radical (unpaired) electrons. The van der Waals surface area contributed by atoms with Crippen LogP contribution in [0.4, 0.5) is 0 Å². The molecule has 0 aromatic heterocycles. The van der Waals surface area contributed by atoms with E-state index in [1.54, 1.807) is 19.1 Å². The maximum atomic E-state index is 11.8. The maximum absolute atomic E-state index is 11.8. The summed E-state index contributed by atoms with van der Waals surface area (Å²) in [5.41, 5.74) is 1.22. The van der Waals surface area contributed by atoms with Crippen LogP contribution in [0, 0.1) is 0 Å². The Morgan fingerprint density at radius 3 is 2.16 bits per heavy atom. The van der Waals surface area contributed by atoms with E-state index in [1.165, 1.54) is 5.56 Å². The number of sulfone groups is 1. The first-order valence-corrected chi connectivity index (χ1v) is 8.68. The molecule has 1 rings (SSSR count). The van der Waals surface area contributed by atoms with E-state index < -0.39 is 9.84 Å². The Hall–Kier alpha value is -1.09. The number of allylic oxidation sites excluding steroid dienone is 2. The summed E-state index contributed by atoms with van der Waals surface area (Å²) in [5.74, 6) is 0.629. The average molecular weight is 280 g/mol. The standard InChI is InChI=1S/C16H24O2S/c1-4-7-8-9-14(5-2)15-10-12-16(13-11-15)19(17,18)6-3/h7-8,10-14H,4-6,9H2,1-3H3/b8-7-. The molecule has 0 bridgehead atoms. The van der Waals surface area contributed by atoms with Crippen LogP contribution in [0.1, 0.15) is 51.5 Å². The fourth-order valence-electron chi connectivity index (χ4n) is 2.08. The Kier molecular flexibility index (Phi) is 6.29. The zero-order chi connectivity index (χ0) is 14.3. The number of hydrogen-bond donors (Lipinski definition) is 0. The molecule has 106 valence electrons. The summed E-state index contributed by atoms with van der Waals surface area (Å²) in [5, 5.41) is 0. The molecule has 0 spiro atoms. The zero-order valence-corrected chi connectivity index (χ0v) is 12.9. The van der Waals surface area contributed by atoms with Crippen molar-refractivity contribution in [3.8, 4) is 0 Å². The van der Waals surface area contributed by atoms with Gasteiger partial charge in [-0.15, -0.1) is 0 Å². The van der Waals surface area contributed by atoms with Crippen molar-refractivity contribution in [2.24, 2.45) is 0 Å². The van der Waals surface area contributed by atoms with E-state index in [0.29, 0.717) is 10.8 Å². The van der Waals surface area contributed by atoms with E-state index in [1.807, 2.05) is 12.1 Å². The molecule has 1 atom stereocenters. The van der Waals surface area contributed by atoms with Gasteiger partial charge in [0.05, 0.1) is 10.6 Å². The molecule has 1 aromatic rings. The molecular formula is C16H24O2S. The van der Waals surface area contributed by atoms with E-state index in [2.05, 4.69) is 26.0 Å². The average Bonchev–Trinajstić information content (AvgIpc) is 2.44. The summed E-state index contributed by atoms with van der Waals surface area (Å²) in [6.07, 6.45) is 7.53. The molecule has 0 aliphatic rings. The van der Waals surface area contributed by atoms with Gasteiger partial charge in [-0.25, -0.2) is 8.42 Å². The minimum Gasteiger partial charge on any atom is -0.224 e. The first-order valence-electron chi connectivity index (χ1n) is 7.02. The molecule has 0 N–H and O–H groups in total. The van der Waals surface area contributed by atoms with E-state index in [-0.39, 0.29) is 5.75 Å². The Balaban J connectivity index is 2.87. The SMILES string of the molecule is CC/C=C\CC(CC)c1ccc(S(=O)(=O)CC)cc1. The second-order valence-electron chi connectivity index (χ2n) is 4.69. The Labute approximate surface area is 117 Å². The Bertz CT molecular complexity index is 498. The Morgan fingerprint density at radius 1 is 1.05 bits per heavy atom. The summed E-state index contributed by atoms with van der Waals surface area (Å²) in [4.78, 5) is 0.428. The van der Waals surface area contributed by atoms with Crippen molar-refractivity contribution in [1.29, 1.82) is 0 Å². The second-order valence-corrected chi connectivity index (χ2v) is 6.97. The van der Waals surface area contributed by atoms with Crippen molar-refractivity contribution in [3.05, 3.63) is 42.0 Å². The van der Waals surface area contributed by atoms with Crippen molar-refractivity contribution in [1.82, 2.24) is 0 Å². The predicted octanol–water partition coefficient (Wildman–Crippen LogP) is 4.33. The van der Waals surface area contributed by atoms with Crippen LogP contribution in [-0.2, 0) is 9.84 Å². The molecule has 0 saturated heterocycles. The van der Waals surface area contributed by atoms with Crippen molar-refractivity contribution in [2.75, 3.05) is 5.75 Å². The molecule has 3 heteroatoms. The van der Waals surface area contributed by atoms with Crippen LogP contribution >= 0.6 is 0 Å². The van der Waals surface area contributed by atoms with E-state index in [9.17, 15) is 8.42 Å². The first kappa shape index (κ1) is 16.0. The fourth-order valence-corrected chi connectivity index (χ4v) is 2.96. The highest BCUT2D eigenvalue weighted by atomic mass is 32.2. The van der Waals surface area contributed by atoms with E-state index >= 15 is 0 Å². The number of rotatable bonds is 7. The predicted molar refractivity (Wildman–Crippen MR) is 81.2 cm³/mol. The summed E-state index contributed by atoms with van der Waals surface area (Å²) in [7, 11) is -3.08. The second kappa shape index (κ2) is 7.49. The number of benzene rings is 1. The topological polar surface area (TPSA) is 34.1 Å². The van der Waals surface area contributed by atoms with Crippen LogP contribution in [0.15, 0.2) is 41.3 Å². The van der Waals surface area contributed by atoms with E-state index in [4.69, 9.17) is 0 Å². The van der Waals surface area contributed by atoms with Gasteiger partial charge in [0.2, 0.25) is 0 Å². The van der Waals surface area contributed by atoms with Crippen molar-refractivity contribution in [2.45, 2.75) is 50.8 Å². The molecule has 19 heavy (non-hydrogen) atoms. The van der Waals surface area contributed by atoms with Crippen LogP contribution in [-0.4, -0.2) is 14.2 Å². The summed E-state index contributed by atoms with van der Waals surface area (Å²) >= 11 is 0. The molecule has 0 aliphatic heterocycles. The van der Waals surface area contributed by atoms with Gasteiger partial charge < -0.3 is 0 Å². The van der Waals surface area contributed by atoms with Gasteiger partial charge in [-0.3, -0.25) is 0 Å². The largest absolute Gasteiger partial charge is 0.224 e. The molecule has 0 fully saturated rings. The molecule has 0 aliphatic carbocycles. The van der Waals surface area contributed by atoms with Crippen molar-refractivity contribution >= 4 is 9.84 Å². The van der Waals surface area contributed by atoms with Gasteiger partial charge in [-0.2, -0.15) is 0 Å². The van der Waals surface area contributed by atoms with Crippen molar-refractivity contribution < 1.29 is 8.42 Å². The molecule has 0 heterocycles. The molecule has 1 unspecified atom stereocenters. The molecular weight excluding hydrogens is 256 g/mol. The smallest absolute Gasteiger partial charge is 0.178 e. The van der Waals surface area contributed by atoms with Crippen LogP contribution in [0.5, 0.6) is 0 Å². The molecule has 0 amide bonds. The third-order valence-corrected chi connectivity index (χ3v) is 5.16. The van der Waals surface area contributed by atoms with Crippen molar-refractivity contribution in [3.63, 3.8) is 0 Å². The van der Waals surface area contributed by atoms with Gasteiger partial charge in [0.25, 0.3) is 0 Å². The normalized spacial score (nSPS) is 13.8. The van der Waals surface area contributed by atoms with Gasteiger partial charge in [-0.1, -0.05) is 45.1 Å². The summed E-state index contributed by atoms with van der Waals surface area (Å²) in [6.45, 7) is 5.97. The highest BCUT2D eigenvalue weighted by molar-refractivity contribution is 7.91. The maximum Gasteiger partial charge on any atom is 0.178 e. The highest BCUT2D eigenvalue weighted by Crippen LogP contribution is 2.25. The third kappa shape index (κ3) is 4.50. The van der Waals surface area contributed by atoms with Crippen LogP contribution in [0.25, 0.3) is 0 Å². The number of hydrogen-bond acceptors (Lipinski definition) is 2. The lowest BCUT2D eigenvalue weighted by Crippen LogP contribution is -2.04. The minimum absolute atomic E-state index is 0.156. The fraction of sp³-hybridized carbons (Fsp3) is 0.500. The third-order valence-electron chi connectivity index (χ3n) is 3.41. The van der Waals surface area contributed by atoms with Gasteiger partial charge in [0.1, 0.15) is 0 Å². The summed E-state index contributed by atoms with van der Waals surface area (Å²) in [6, 6.07) is 7.38. The minimum atomic E-state index is -3.08. The Morgan fingerprint density at radius 2 is 1.68 bits per heavy atom. The lowest BCUT2D eigenvalue weighted by atomic mass is 9.93. The lowest BCUT2D eigenvalue weighted by Gasteiger charge is -2.13. The summed E-state index contributed by atoms with van der Waals surface area (Å²) < 4.78 is 23.5. The molecule has 0 saturated carbocycles. The van der Waals surface area contributed by atoms with Gasteiger partial charge >= 0.3 is 0 Å². The monoisotopic (exact) mass is 280 g/mol. The van der Waals surface area contributed by atoms with Gasteiger partial charge in [-0.05, 0) is 42.9 Å². The lowest BCUT2D eigenvalue weighted by molar-refractivity contribution is 0.597. The van der Waals surface area contributed by atoms with Crippen LogP contribution in [0.2, 0.25) is 0 Å². The highest BCUT2D eigenvalue weighted by Gasteiger charge is 2.13. The zero-order valence-electron chi connectivity index (χ0n) is 12.1.